The molecule has 3 saturated heterocycles. The molecule has 8 aliphatic rings. The lowest BCUT2D eigenvalue weighted by molar-refractivity contribution is -0.430. The van der Waals surface area contributed by atoms with Crippen molar-refractivity contribution in [2.75, 3.05) is 6.61 Å². The molecule has 10 nitrogen and oxygen atoms in total. The quantitative estimate of drug-likeness (QED) is 0.261. The summed E-state index contributed by atoms with van der Waals surface area (Å²) in [7, 11) is 0. The molecule has 17 atom stereocenters. The summed E-state index contributed by atoms with van der Waals surface area (Å²) < 4.78 is 31.9. The number of esters is 1. The molecule has 0 aromatic carbocycles. The fraction of sp³-hybridized carbons (Fsp3) is 0.973. The maximum atomic E-state index is 12.9. The molecule has 5 saturated carbocycles. The molecule has 3 aliphatic heterocycles. The average Bonchev–Trinajstić information content (AvgIpc) is 3.62. The SMILES string of the molecule is CC(=O)O[C@H]1[C@H]2CC(C)C3[C@](O2)(OC1(C)C)[C@H](O)[C@@]1(C)[C@@H]2CC[C@H]4C(C)(C)[C@@H](O[C@@H]5OC[C@@H](O)[C@H](O)[C@H]5O)CC[C@@]45C[C@@]25CC[C@]31C. The minimum absolute atomic E-state index is 0.0185. The molecule has 0 aromatic heterocycles. The summed E-state index contributed by atoms with van der Waals surface area (Å²) in [6, 6.07) is 0. The number of carbonyl (C=O) groups excluding carboxylic acids is 1. The molecular formula is C37H58O10. The minimum Gasteiger partial charge on any atom is -0.457 e. The number of rotatable bonds is 3. The predicted octanol–water partition coefficient (Wildman–Crippen LogP) is 3.69. The van der Waals surface area contributed by atoms with E-state index in [0.29, 0.717) is 11.8 Å². The maximum absolute atomic E-state index is 12.9. The average molecular weight is 663 g/mol. The van der Waals surface area contributed by atoms with Gasteiger partial charge in [0.15, 0.2) is 18.2 Å². The Balaban J connectivity index is 1.10. The first-order valence-corrected chi connectivity index (χ1v) is 18.4. The van der Waals surface area contributed by atoms with Crippen molar-refractivity contribution in [3.63, 3.8) is 0 Å². The Morgan fingerprint density at radius 2 is 1.55 bits per heavy atom. The number of ether oxygens (including phenoxy) is 5. The zero-order valence-electron chi connectivity index (χ0n) is 29.5. The first kappa shape index (κ1) is 33.3. The van der Waals surface area contributed by atoms with Gasteiger partial charge in [-0.2, -0.15) is 0 Å². The van der Waals surface area contributed by atoms with Crippen molar-refractivity contribution >= 4 is 5.97 Å². The monoisotopic (exact) mass is 662 g/mol. The van der Waals surface area contributed by atoms with Crippen LogP contribution in [-0.2, 0) is 28.5 Å². The van der Waals surface area contributed by atoms with E-state index in [1.54, 1.807) is 0 Å². The van der Waals surface area contributed by atoms with E-state index in [1.807, 2.05) is 13.8 Å². The number of hydrogen-bond acceptors (Lipinski definition) is 10. The molecule has 47 heavy (non-hydrogen) atoms. The normalized spacial score (nSPS) is 59.8. The second kappa shape index (κ2) is 9.93. The van der Waals surface area contributed by atoms with E-state index in [-0.39, 0.29) is 58.3 Å². The number of aliphatic hydroxyl groups is 4. The molecule has 0 aromatic rings. The van der Waals surface area contributed by atoms with Crippen LogP contribution < -0.4 is 0 Å². The van der Waals surface area contributed by atoms with Gasteiger partial charge < -0.3 is 44.1 Å². The summed E-state index contributed by atoms with van der Waals surface area (Å²) in [6.07, 6.45) is 1.47. The van der Waals surface area contributed by atoms with E-state index in [9.17, 15) is 25.2 Å². The van der Waals surface area contributed by atoms with Gasteiger partial charge in [0.2, 0.25) is 0 Å². The molecule has 8 rings (SSSR count). The summed E-state index contributed by atoms with van der Waals surface area (Å²) in [5.41, 5.74) is -1.32. The summed E-state index contributed by atoms with van der Waals surface area (Å²) in [4.78, 5) is 12.1. The molecule has 4 N–H and O–H groups in total. The van der Waals surface area contributed by atoms with E-state index in [2.05, 4.69) is 34.6 Å². The lowest BCUT2D eigenvalue weighted by Crippen LogP contribution is -2.71. The van der Waals surface area contributed by atoms with E-state index in [1.165, 1.54) is 6.92 Å². The van der Waals surface area contributed by atoms with Gasteiger partial charge in [-0.3, -0.25) is 4.79 Å². The van der Waals surface area contributed by atoms with Crippen LogP contribution >= 0.6 is 0 Å². The van der Waals surface area contributed by atoms with E-state index in [4.69, 9.17) is 23.7 Å². The molecule has 0 radical (unpaired) electrons. The zero-order chi connectivity index (χ0) is 33.9. The first-order chi connectivity index (χ1) is 21.8. The van der Waals surface area contributed by atoms with Crippen LogP contribution in [0.1, 0.15) is 107 Å². The molecule has 2 unspecified atom stereocenters. The molecule has 266 valence electrons. The third kappa shape index (κ3) is 3.88. The standard InChI is InChI=1S/C37H58O10/c1-18-15-21-28(44-19(2)38)32(5,6)47-37(46-21)27(18)33(7)13-14-36-17-35(36)12-11-24(45-29-26(41)25(40)20(39)16-43-29)31(3,4)22(35)9-10-23(36)34(33,8)30(37)42/h18,20-30,39-42H,9-17H2,1-8H3/t18?,20-,21-,22+,23+,24+,25+,26-,27?,28+,29+,30-,33-,34-,35-,36+,37+/m1/s1. The van der Waals surface area contributed by atoms with Crippen LogP contribution in [0.2, 0.25) is 0 Å². The number of hydrogen-bond donors (Lipinski definition) is 4. The summed E-state index contributed by atoms with van der Waals surface area (Å²) in [5, 5.41) is 43.8. The second-order valence-electron chi connectivity index (χ2n) is 18.8. The van der Waals surface area contributed by atoms with Crippen LogP contribution in [0.15, 0.2) is 0 Å². The third-order valence-corrected chi connectivity index (χ3v) is 16.3. The van der Waals surface area contributed by atoms with Gasteiger partial charge in [0, 0.05) is 18.3 Å². The van der Waals surface area contributed by atoms with Gasteiger partial charge in [-0.1, -0.05) is 34.6 Å². The Labute approximate surface area is 279 Å². The minimum atomic E-state index is -1.29. The zero-order valence-corrected chi connectivity index (χ0v) is 29.5. The summed E-state index contributed by atoms with van der Waals surface area (Å²) in [6.45, 7) is 17.0. The smallest absolute Gasteiger partial charge is 0.303 e. The maximum Gasteiger partial charge on any atom is 0.303 e. The molecule has 10 heteroatoms. The summed E-state index contributed by atoms with van der Waals surface area (Å²) >= 11 is 0. The highest BCUT2D eigenvalue weighted by molar-refractivity contribution is 5.66. The van der Waals surface area contributed by atoms with Crippen molar-refractivity contribution in [2.24, 2.45) is 50.7 Å². The topological polar surface area (TPSA) is 144 Å². The highest BCUT2D eigenvalue weighted by atomic mass is 16.8. The molecular weight excluding hydrogens is 604 g/mol. The Hall–Kier alpha value is -0.850. The Morgan fingerprint density at radius 3 is 2.26 bits per heavy atom. The van der Waals surface area contributed by atoms with Crippen molar-refractivity contribution < 1.29 is 48.9 Å². The Bertz CT molecular complexity index is 1320. The molecule has 0 amide bonds. The molecule has 3 spiro atoms. The Kier molecular flexibility index (Phi) is 7.03. The van der Waals surface area contributed by atoms with Crippen molar-refractivity contribution in [3.8, 4) is 0 Å². The van der Waals surface area contributed by atoms with E-state index < -0.39 is 53.6 Å². The van der Waals surface area contributed by atoms with Gasteiger partial charge in [0.1, 0.15) is 36.1 Å². The number of fused-ring (bicyclic) bond motifs is 4. The second-order valence-corrected chi connectivity index (χ2v) is 18.8. The highest BCUT2D eigenvalue weighted by Crippen LogP contribution is 2.90. The van der Waals surface area contributed by atoms with Gasteiger partial charge >= 0.3 is 5.97 Å². The van der Waals surface area contributed by atoms with Crippen LogP contribution in [0, 0.1) is 50.7 Å². The van der Waals surface area contributed by atoms with Gasteiger partial charge in [-0.15, -0.1) is 0 Å². The lowest BCUT2D eigenvalue weighted by Gasteiger charge is -2.63. The third-order valence-electron chi connectivity index (χ3n) is 16.3. The highest BCUT2D eigenvalue weighted by Gasteiger charge is 2.88. The largest absolute Gasteiger partial charge is 0.457 e. The molecule has 5 aliphatic carbocycles. The number of carbonyl (C=O) groups is 1. The van der Waals surface area contributed by atoms with E-state index >= 15 is 0 Å². The fourth-order valence-electron chi connectivity index (χ4n) is 14.4. The van der Waals surface area contributed by atoms with Crippen molar-refractivity contribution in [1.29, 1.82) is 0 Å². The van der Waals surface area contributed by atoms with Gasteiger partial charge in [-0.25, -0.2) is 0 Å². The lowest BCUT2D eigenvalue weighted by atomic mass is 9.41. The predicted molar refractivity (Wildman–Crippen MR) is 168 cm³/mol. The van der Waals surface area contributed by atoms with Crippen LogP contribution in [0.25, 0.3) is 0 Å². The molecule has 3 heterocycles. The summed E-state index contributed by atoms with van der Waals surface area (Å²) in [5.74, 6) is -0.514. The van der Waals surface area contributed by atoms with Crippen molar-refractivity contribution in [2.45, 2.75) is 167 Å². The fourth-order valence-corrected chi connectivity index (χ4v) is 14.4. The van der Waals surface area contributed by atoms with E-state index in [0.717, 1.165) is 51.4 Å². The van der Waals surface area contributed by atoms with Gasteiger partial charge in [0.05, 0.1) is 12.7 Å². The van der Waals surface area contributed by atoms with Crippen LogP contribution in [0.5, 0.6) is 0 Å². The van der Waals surface area contributed by atoms with Gasteiger partial charge in [0.25, 0.3) is 0 Å². The first-order valence-electron chi connectivity index (χ1n) is 18.4. The molecule has 2 bridgehead atoms. The number of aliphatic hydroxyl groups excluding tert-OH is 4. The van der Waals surface area contributed by atoms with Gasteiger partial charge in [-0.05, 0) is 105 Å². The Morgan fingerprint density at radius 1 is 0.872 bits per heavy atom. The molecule has 8 fully saturated rings. The van der Waals surface area contributed by atoms with Crippen LogP contribution in [0.4, 0.5) is 0 Å². The van der Waals surface area contributed by atoms with Crippen molar-refractivity contribution in [3.05, 3.63) is 0 Å². The van der Waals surface area contributed by atoms with Crippen molar-refractivity contribution in [1.82, 2.24) is 0 Å². The van der Waals surface area contributed by atoms with Crippen LogP contribution in [0.3, 0.4) is 0 Å². The van der Waals surface area contributed by atoms with Crippen LogP contribution in [-0.4, -0.2) is 93.4 Å².